The van der Waals surface area contributed by atoms with E-state index in [9.17, 15) is 9.18 Å². The van der Waals surface area contributed by atoms with Crippen molar-refractivity contribution in [2.75, 3.05) is 5.75 Å². The quantitative estimate of drug-likeness (QED) is 0.861. The van der Waals surface area contributed by atoms with Gasteiger partial charge < -0.3 is 5.11 Å². The summed E-state index contributed by atoms with van der Waals surface area (Å²) in [7, 11) is 0. The van der Waals surface area contributed by atoms with Crippen LogP contribution < -0.4 is 0 Å². The van der Waals surface area contributed by atoms with Gasteiger partial charge in [0.25, 0.3) is 0 Å². The minimum atomic E-state index is -1.96. The molecule has 0 aliphatic rings. The Morgan fingerprint density at radius 1 is 1.67 bits per heavy atom. The van der Waals surface area contributed by atoms with Crippen molar-refractivity contribution in [2.45, 2.75) is 18.0 Å². The third-order valence-corrected chi connectivity index (χ3v) is 3.64. The number of carboxylic acid groups (broad SMARTS) is 1. The molecule has 0 saturated heterocycles. The third kappa shape index (κ3) is 3.21. The lowest BCUT2D eigenvalue weighted by molar-refractivity contribution is -0.143. The van der Waals surface area contributed by atoms with Gasteiger partial charge in [0.15, 0.2) is 0 Å². The molecule has 15 heavy (non-hydrogen) atoms. The van der Waals surface area contributed by atoms with Crippen LogP contribution in [0.3, 0.4) is 0 Å². The highest BCUT2D eigenvalue weighted by Gasteiger charge is 2.18. The lowest BCUT2D eigenvalue weighted by Crippen LogP contribution is -2.05. The Morgan fingerprint density at radius 3 is 2.80 bits per heavy atom. The van der Waals surface area contributed by atoms with E-state index < -0.39 is 12.1 Å². The van der Waals surface area contributed by atoms with Gasteiger partial charge in [0, 0.05) is 9.37 Å². The van der Waals surface area contributed by atoms with E-state index in [4.69, 9.17) is 5.11 Å². The molecule has 1 rings (SSSR count). The molecule has 0 aliphatic carbocycles. The average Bonchev–Trinajstić information content (AvgIpc) is 2.20. The van der Waals surface area contributed by atoms with E-state index in [0.717, 1.165) is 15.1 Å². The van der Waals surface area contributed by atoms with Crippen LogP contribution in [0.2, 0.25) is 0 Å². The lowest BCUT2D eigenvalue weighted by atomic mass is 10.1. The van der Waals surface area contributed by atoms with Crippen molar-refractivity contribution >= 4 is 33.7 Å². The number of hydrogen-bond acceptors (Lipinski definition) is 2. The molecule has 5 heteroatoms. The second-order valence-electron chi connectivity index (χ2n) is 2.82. The summed E-state index contributed by atoms with van der Waals surface area (Å²) >= 11 is 4.90. The molecule has 0 spiro atoms. The number of carbonyl (C=O) groups is 1. The molecule has 0 aliphatic heterocycles. The maximum absolute atomic E-state index is 13.1. The number of benzene rings is 1. The lowest BCUT2D eigenvalue weighted by Gasteiger charge is -2.07. The van der Waals surface area contributed by atoms with Gasteiger partial charge in [-0.2, -0.15) is 0 Å². The number of aliphatic carboxylic acids is 1. The Labute approximate surface area is 100 Å². The maximum atomic E-state index is 13.1. The fourth-order valence-electron chi connectivity index (χ4n) is 1.09. The number of carboxylic acids is 1. The summed E-state index contributed by atoms with van der Waals surface area (Å²) in [4.78, 5) is 11.4. The van der Waals surface area contributed by atoms with Gasteiger partial charge in [-0.05, 0) is 39.4 Å². The van der Waals surface area contributed by atoms with E-state index in [1.165, 1.54) is 12.1 Å². The Hall–Kier alpha value is -0.550. The molecule has 1 aromatic rings. The zero-order valence-corrected chi connectivity index (χ0v) is 10.4. The van der Waals surface area contributed by atoms with E-state index in [1.54, 1.807) is 17.8 Å². The predicted octanol–water partition coefficient (Wildman–Crippen LogP) is 3.66. The molecule has 0 aromatic heterocycles. The molecule has 1 N–H and O–H groups in total. The Balaban J connectivity index is 2.95. The van der Waals surface area contributed by atoms with Gasteiger partial charge in [0.05, 0.1) is 0 Å². The van der Waals surface area contributed by atoms with Crippen molar-refractivity contribution < 1.29 is 14.3 Å². The first kappa shape index (κ1) is 12.5. The van der Waals surface area contributed by atoms with Crippen molar-refractivity contribution in [3.8, 4) is 0 Å². The molecule has 1 aromatic carbocycles. The van der Waals surface area contributed by atoms with Crippen LogP contribution in [0.1, 0.15) is 18.7 Å². The van der Waals surface area contributed by atoms with Crippen molar-refractivity contribution in [2.24, 2.45) is 0 Å². The van der Waals surface area contributed by atoms with Crippen LogP contribution in [0.15, 0.2) is 27.6 Å². The van der Waals surface area contributed by atoms with E-state index in [2.05, 4.69) is 15.9 Å². The minimum Gasteiger partial charge on any atom is -0.479 e. The fraction of sp³-hybridized carbons (Fsp3) is 0.300. The standard InChI is InChI=1S/C10H10BrFO2S/c1-2-15-8-4-3-6(5-7(8)11)9(12)10(13)14/h3-5,9H,2H2,1H3,(H,13,14). The van der Waals surface area contributed by atoms with Gasteiger partial charge in [-0.3, -0.25) is 0 Å². The first-order valence-electron chi connectivity index (χ1n) is 4.35. The first-order chi connectivity index (χ1) is 7.06. The van der Waals surface area contributed by atoms with Gasteiger partial charge in [-0.1, -0.05) is 13.0 Å². The van der Waals surface area contributed by atoms with Crippen LogP contribution in [0.4, 0.5) is 4.39 Å². The Morgan fingerprint density at radius 2 is 2.33 bits per heavy atom. The van der Waals surface area contributed by atoms with Crippen LogP contribution >= 0.6 is 27.7 Å². The van der Waals surface area contributed by atoms with Gasteiger partial charge in [-0.25, -0.2) is 9.18 Å². The van der Waals surface area contributed by atoms with Crippen molar-refractivity contribution in [1.82, 2.24) is 0 Å². The van der Waals surface area contributed by atoms with Gasteiger partial charge >= 0.3 is 5.97 Å². The minimum absolute atomic E-state index is 0.162. The molecule has 1 atom stereocenters. The molecule has 0 saturated carbocycles. The Kier molecular flexibility index (Phi) is 4.60. The zero-order valence-electron chi connectivity index (χ0n) is 8.04. The smallest absolute Gasteiger partial charge is 0.343 e. The first-order valence-corrected chi connectivity index (χ1v) is 6.13. The maximum Gasteiger partial charge on any atom is 0.343 e. The van der Waals surface area contributed by atoms with E-state index in [1.807, 2.05) is 6.92 Å². The summed E-state index contributed by atoms with van der Waals surface area (Å²) in [5.74, 6) is -0.548. The molecule has 0 radical (unpaired) electrons. The normalized spacial score (nSPS) is 12.5. The van der Waals surface area contributed by atoms with Gasteiger partial charge in [0.1, 0.15) is 0 Å². The fourth-order valence-corrected chi connectivity index (χ4v) is 2.50. The second-order valence-corrected chi connectivity index (χ2v) is 4.98. The summed E-state index contributed by atoms with van der Waals surface area (Å²) in [5, 5.41) is 8.50. The summed E-state index contributed by atoms with van der Waals surface area (Å²) in [6, 6.07) is 4.74. The van der Waals surface area contributed by atoms with E-state index in [-0.39, 0.29) is 5.56 Å². The predicted molar refractivity (Wildman–Crippen MR) is 62.0 cm³/mol. The highest BCUT2D eigenvalue weighted by atomic mass is 79.9. The summed E-state index contributed by atoms with van der Waals surface area (Å²) < 4.78 is 13.9. The second kappa shape index (κ2) is 5.51. The van der Waals surface area contributed by atoms with E-state index in [0.29, 0.717) is 0 Å². The monoisotopic (exact) mass is 292 g/mol. The summed E-state index contributed by atoms with van der Waals surface area (Å²) in [6.07, 6.45) is -1.96. The molecule has 2 nitrogen and oxygen atoms in total. The SMILES string of the molecule is CCSc1ccc(C(F)C(=O)O)cc1Br. The molecule has 82 valence electrons. The van der Waals surface area contributed by atoms with Crippen LogP contribution in [0.5, 0.6) is 0 Å². The van der Waals surface area contributed by atoms with E-state index >= 15 is 0 Å². The van der Waals surface area contributed by atoms with Crippen molar-refractivity contribution in [3.63, 3.8) is 0 Å². The third-order valence-electron chi connectivity index (χ3n) is 1.77. The molecular formula is C10H10BrFO2S. The van der Waals surface area contributed by atoms with Gasteiger partial charge in [0.2, 0.25) is 6.17 Å². The van der Waals surface area contributed by atoms with Crippen molar-refractivity contribution in [3.05, 3.63) is 28.2 Å². The molecule has 0 bridgehead atoms. The van der Waals surface area contributed by atoms with Crippen LogP contribution in [-0.4, -0.2) is 16.8 Å². The number of hydrogen-bond donors (Lipinski definition) is 1. The number of thioether (sulfide) groups is 1. The van der Waals surface area contributed by atoms with Crippen LogP contribution in [0, 0.1) is 0 Å². The molecule has 0 fully saturated rings. The molecule has 0 heterocycles. The number of rotatable bonds is 4. The number of halogens is 2. The molecule has 0 amide bonds. The van der Waals surface area contributed by atoms with Gasteiger partial charge in [-0.15, -0.1) is 11.8 Å². The Bertz CT molecular complexity index is 370. The highest BCUT2D eigenvalue weighted by Crippen LogP contribution is 2.30. The molecule has 1 unspecified atom stereocenters. The summed E-state index contributed by atoms with van der Waals surface area (Å²) in [6.45, 7) is 2.01. The number of alkyl halides is 1. The highest BCUT2D eigenvalue weighted by molar-refractivity contribution is 9.10. The zero-order chi connectivity index (χ0) is 11.4. The summed E-state index contributed by atoms with van der Waals surface area (Å²) in [5.41, 5.74) is 0.162. The van der Waals surface area contributed by atoms with Crippen molar-refractivity contribution in [1.29, 1.82) is 0 Å². The van der Waals surface area contributed by atoms with Crippen LogP contribution in [-0.2, 0) is 4.79 Å². The average molecular weight is 293 g/mol. The molecular weight excluding hydrogens is 283 g/mol. The largest absolute Gasteiger partial charge is 0.479 e. The van der Waals surface area contributed by atoms with Crippen LogP contribution in [0.25, 0.3) is 0 Å². The topological polar surface area (TPSA) is 37.3 Å².